The van der Waals surface area contributed by atoms with E-state index in [9.17, 15) is 18.0 Å². The molecule has 0 spiro atoms. The van der Waals surface area contributed by atoms with E-state index in [4.69, 9.17) is 0 Å². The van der Waals surface area contributed by atoms with Crippen LogP contribution < -0.4 is 5.32 Å². The molecule has 0 atom stereocenters. The summed E-state index contributed by atoms with van der Waals surface area (Å²) in [6.07, 6.45) is 6.35. The van der Waals surface area contributed by atoms with Crippen LogP contribution in [0.3, 0.4) is 0 Å². The lowest BCUT2D eigenvalue weighted by molar-refractivity contribution is -0.136. The number of likely N-dealkylation sites (tertiary alicyclic amines) is 1. The highest BCUT2D eigenvalue weighted by Crippen LogP contribution is 2.32. The lowest BCUT2D eigenvalue weighted by atomic mass is 9.95. The second-order valence-electron chi connectivity index (χ2n) is 8.70. The van der Waals surface area contributed by atoms with Crippen molar-refractivity contribution in [3.05, 3.63) is 29.8 Å². The minimum absolute atomic E-state index is 0.0125. The summed E-state index contributed by atoms with van der Waals surface area (Å²) in [4.78, 5) is 26.9. The van der Waals surface area contributed by atoms with Crippen LogP contribution in [-0.2, 0) is 26.2 Å². The third-order valence-corrected chi connectivity index (χ3v) is 8.36. The van der Waals surface area contributed by atoms with E-state index in [1.54, 1.807) is 28.6 Å². The summed E-state index contributed by atoms with van der Waals surface area (Å²) in [6, 6.07) is 6.81. The molecule has 8 heteroatoms. The van der Waals surface area contributed by atoms with E-state index in [0.717, 1.165) is 37.7 Å². The van der Waals surface area contributed by atoms with Gasteiger partial charge in [-0.2, -0.15) is 4.31 Å². The molecule has 0 aromatic heterocycles. The van der Waals surface area contributed by atoms with E-state index in [1.165, 1.54) is 0 Å². The van der Waals surface area contributed by atoms with Gasteiger partial charge in [-0.1, -0.05) is 18.6 Å². The third-order valence-electron chi connectivity index (χ3n) is 6.45. The van der Waals surface area contributed by atoms with Gasteiger partial charge in [0.2, 0.25) is 21.8 Å². The summed E-state index contributed by atoms with van der Waals surface area (Å²) in [5, 5.41) is 2.97. The summed E-state index contributed by atoms with van der Waals surface area (Å²) < 4.78 is 27.0. The Bertz CT molecular complexity index is 866. The summed E-state index contributed by atoms with van der Waals surface area (Å²) in [7, 11) is -3.43. The van der Waals surface area contributed by atoms with Gasteiger partial charge in [-0.15, -0.1) is 0 Å². The zero-order chi connectivity index (χ0) is 21.1. The van der Waals surface area contributed by atoms with Gasteiger partial charge in [0.1, 0.15) is 0 Å². The van der Waals surface area contributed by atoms with Crippen LogP contribution in [0.1, 0.15) is 50.5 Å². The molecule has 1 N–H and O–H groups in total. The Kier molecular flexibility index (Phi) is 6.43. The van der Waals surface area contributed by atoms with E-state index in [2.05, 4.69) is 5.32 Å². The molecule has 2 saturated heterocycles. The highest BCUT2D eigenvalue weighted by atomic mass is 32.2. The molecule has 2 heterocycles. The zero-order valence-corrected chi connectivity index (χ0v) is 18.2. The first kappa shape index (κ1) is 21.3. The Balaban J connectivity index is 1.26. The van der Waals surface area contributed by atoms with Crippen LogP contribution in [-0.4, -0.2) is 55.6 Å². The Morgan fingerprint density at radius 3 is 2.10 bits per heavy atom. The molecule has 0 radical (unpaired) electrons. The first-order chi connectivity index (χ1) is 14.4. The van der Waals surface area contributed by atoms with Gasteiger partial charge in [0.25, 0.3) is 0 Å². The number of benzene rings is 1. The number of sulfonamides is 1. The molecule has 1 aliphatic carbocycles. The molecule has 1 aromatic rings. The molecule has 0 bridgehead atoms. The van der Waals surface area contributed by atoms with Crippen LogP contribution in [0.15, 0.2) is 29.2 Å². The molecular weight excluding hydrogens is 402 g/mol. The second kappa shape index (κ2) is 9.06. The number of amides is 2. The lowest BCUT2D eigenvalue weighted by Crippen LogP contribution is -2.43. The molecule has 164 valence electrons. The molecule has 2 amide bonds. The normalized spacial score (nSPS) is 21.4. The van der Waals surface area contributed by atoms with Gasteiger partial charge in [0, 0.05) is 44.6 Å². The van der Waals surface area contributed by atoms with Gasteiger partial charge in [-0.25, -0.2) is 8.42 Å². The predicted octanol–water partition coefficient (Wildman–Crippen LogP) is 2.13. The fourth-order valence-corrected chi connectivity index (χ4v) is 5.83. The molecule has 4 rings (SSSR count). The van der Waals surface area contributed by atoms with Crippen molar-refractivity contribution in [1.82, 2.24) is 14.5 Å². The molecule has 1 aromatic carbocycles. The van der Waals surface area contributed by atoms with Crippen molar-refractivity contribution in [2.75, 3.05) is 26.2 Å². The first-order valence-corrected chi connectivity index (χ1v) is 12.5. The fourth-order valence-electron chi connectivity index (χ4n) is 4.32. The molecule has 7 nitrogen and oxygen atoms in total. The summed E-state index contributed by atoms with van der Waals surface area (Å²) >= 11 is 0. The number of carbonyl (C=O) groups is 2. The Hall–Kier alpha value is -1.93. The zero-order valence-electron chi connectivity index (χ0n) is 17.4. The van der Waals surface area contributed by atoms with Crippen molar-refractivity contribution in [3.8, 4) is 0 Å². The van der Waals surface area contributed by atoms with Crippen molar-refractivity contribution in [3.63, 3.8) is 0 Å². The average Bonchev–Trinajstić information content (AvgIpc) is 3.63. The largest absolute Gasteiger partial charge is 0.352 e. The molecule has 1 saturated carbocycles. The van der Waals surface area contributed by atoms with Crippen LogP contribution in [0.2, 0.25) is 0 Å². The fraction of sp³-hybridized carbons (Fsp3) is 0.636. The van der Waals surface area contributed by atoms with Gasteiger partial charge >= 0.3 is 0 Å². The third kappa shape index (κ3) is 4.86. The highest BCUT2D eigenvalue weighted by molar-refractivity contribution is 7.89. The van der Waals surface area contributed by atoms with E-state index >= 15 is 0 Å². The number of nitrogens with one attached hydrogen (secondary N) is 1. The van der Waals surface area contributed by atoms with E-state index in [-0.39, 0.29) is 23.7 Å². The van der Waals surface area contributed by atoms with Gasteiger partial charge in [-0.3, -0.25) is 9.59 Å². The van der Waals surface area contributed by atoms with Gasteiger partial charge in [-0.05, 0) is 56.2 Å². The first-order valence-electron chi connectivity index (χ1n) is 11.1. The van der Waals surface area contributed by atoms with E-state index < -0.39 is 10.0 Å². The number of nitrogens with zero attached hydrogens (tertiary/aromatic N) is 2. The second-order valence-corrected chi connectivity index (χ2v) is 10.6. The molecule has 3 fully saturated rings. The van der Waals surface area contributed by atoms with E-state index in [1.807, 2.05) is 4.90 Å². The maximum atomic E-state index is 12.7. The van der Waals surface area contributed by atoms with Crippen molar-refractivity contribution >= 4 is 21.8 Å². The maximum Gasteiger partial charge on any atom is 0.243 e. The Morgan fingerprint density at radius 2 is 1.50 bits per heavy atom. The molecular formula is C22H31N3O4S. The molecule has 0 unspecified atom stereocenters. The van der Waals surface area contributed by atoms with Crippen molar-refractivity contribution < 1.29 is 18.0 Å². The smallest absolute Gasteiger partial charge is 0.243 e. The maximum absolute atomic E-state index is 12.7. The topological polar surface area (TPSA) is 86.8 Å². The van der Waals surface area contributed by atoms with Gasteiger partial charge < -0.3 is 10.2 Å². The van der Waals surface area contributed by atoms with Crippen molar-refractivity contribution in [2.24, 2.45) is 11.8 Å². The number of hydrogen-bond acceptors (Lipinski definition) is 4. The minimum atomic E-state index is -3.43. The van der Waals surface area contributed by atoms with Gasteiger partial charge in [0.05, 0.1) is 4.90 Å². The van der Waals surface area contributed by atoms with E-state index in [0.29, 0.717) is 50.5 Å². The standard InChI is InChI=1S/C22H31N3O4S/c26-21(18-10-14-24(15-11-18)22(27)19-6-7-19)23-16-17-4-8-20(9-5-17)30(28,29)25-12-2-1-3-13-25/h4-5,8-9,18-19H,1-3,6-7,10-16H2,(H,23,26). The lowest BCUT2D eigenvalue weighted by Gasteiger charge is -2.31. The quantitative estimate of drug-likeness (QED) is 0.745. The molecule has 30 heavy (non-hydrogen) atoms. The van der Waals surface area contributed by atoms with Crippen LogP contribution in [0.4, 0.5) is 0 Å². The molecule has 3 aliphatic rings. The monoisotopic (exact) mass is 433 g/mol. The predicted molar refractivity (Wildman–Crippen MR) is 113 cm³/mol. The average molecular weight is 434 g/mol. The number of piperidine rings is 2. The summed E-state index contributed by atoms with van der Waals surface area (Å²) in [5.41, 5.74) is 0.877. The van der Waals surface area contributed by atoms with Crippen LogP contribution >= 0.6 is 0 Å². The summed E-state index contributed by atoms with van der Waals surface area (Å²) in [5.74, 6) is 0.441. The summed E-state index contributed by atoms with van der Waals surface area (Å²) in [6.45, 7) is 2.88. The van der Waals surface area contributed by atoms with Gasteiger partial charge in [0.15, 0.2) is 0 Å². The molecule has 2 aliphatic heterocycles. The Morgan fingerprint density at radius 1 is 0.867 bits per heavy atom. The SMILES string of the molecule is O=C(NCc1ccc(S(=O)(=O)N2CCCCC2)cc1)C1CCN(C(=O)C2CC2)CC1. The van der Waals surface area contributed by atoms with Crippen LogP contribution in [0, 0.1) is 11.8 Å². The number of carbonyl (C=O) groups excluding carboxylic acids is 2. The van der Waals surface area contributed by atoms with Crippen molar-refractivity contribution in [1.29, 1.82) is 0 Å². The highest BCUT2D eigenvalue weighted by Gasteiger charge is 2.36. The Labute approximate surface area is 178 Å². The van der Waals surface area contributed by atoms with Crippen LogP contribution in [0.5, 0.6) is 0 Å². The van der Waals surface area contributed by atoms with Crippen LogP contribution in [0.25, 0.3) is 0 Å². The number of rotatable bonds is 6. The number of hydrogen-bond donors (Lipinski definition) is 1. The van der Waals surface area contributed by atoms with Crippen molar-refractivity contribution in [2.45, 2.75) is 56.4 Å². The minimum Gasteiger partial charge on any atom is -0.352 e.